The fourth-order valence-electron chi connectivity index (χ4n) is 3.89. The van der Waals surface area contributed by atoms with Crippen molar-refractivity contribution in [3.8, 4) is 11.5 Å². The maximum Gasteiger partial charge on any atom is 0.258 e. The SMILES string of the molecule is COc1ccc([C@H]2CCCN2Cc2nc3cc(Cl)ccc3c(=O)[nH]2)c(OC)c1. The van der Waals surface area contributed by atoms with E-state index in [-0.39, 0.29) is 11.6 Å². The average molecular weight is 400 g/mol. The second kappa shape index (κ2) is 7.81. The number of rotatable bonds is 5. The Kier molecular flexibility index (Phi) is 5.24. The Morgan fingerprint density at radius 1 is 1.21 bits per heavy atom. The predicted octanol–water partition coefficient (Wildman–Crippen LogP) is 3.93. The second-order valence-corrected chi connectivity index (χ2v) is 7.35. The first-order valence-corrected chi connectivity index (χ1v) is 9.61. The van der Waals surface area contributed by atoms with Crippen LogP contribution in [0.3, 0.4) is 0 Å². The van der Waals surface area contributed by atoms with E-state index in [2.05, 4.69) is 20.9 Å². The average Bonchev–Trinajstić information content (AvgIpc) is 3.14. The number of H-pyrrole nitrogens is 1. The number of halogens is 1. The van der Waals surface area contributed by atoms with E-state index >= 15 is 0 Å². The molecule has 0 saturated carbocycles. The van der Waals surface area contributed by atoms with Gasteiger partial charge in [0.05, 0.1) is 31.7 Å². The molecule has 3 aromatic rings. The molecular formula is C21H22ClN3O3. The number of nitrogens with one attached hydrogen (secondary N) is 1. The third-order valence-corrected chi connectivity index (χ3v) is 5.47. The first kappa shape index (κ1) is 18.8. The minimum Gasteiger partial charge on any atom is -0.497 e. The van der Waals surface area contributed by atoms with Gasteiger partial charge in [0.25, 0.3) is 5.56 Å². The molecule has 1 saturated heterocycles. The summed E-state index contributed by atoms with van der Waals surface area (Å²) in [7, 11) is 3.31. The molecule has 1 aliphatic heterocycles. The number of benzene rings is 2. The smallest absolute Gasteiger partial charge is 0.258 e. The molecule has 0 bridgehead atoms. The summed E-state index contributed by atoms with van der Waals surface area (Å²) in [6.07, 6.45) is 2.09. The van der Waals surface area contributed by atoms with Gasteiger partial charge in [0.2, 0.25) is 0 Å². The molecule has 4 rings (SSSR count). The number of aromatic amines is 1. The van der Waals surface area contributed by atoms with Crippen LogP contribution in [0.15, 0.2) is 41.2 Å². The molecule has 0 amide bonds. The minimum atomic E-state index is -0.144. The third kappa shape index (κ3) is 3.57. The number of ether oxygens (including phenoxy) is 2. The van der Waals surface area contributed by atoms with Crippen LogP contribution in [0.2, 0.25) is 5.02 Å². The van der Waals surface area contributed by atoms with E-state index in [0.29, 0.717) is 28.3 Å². The van der Waals surface area contributed by atoms with Gasteiger partial charge in [0.1, 0.15) is 17.3 Å². The fourth-order valence-corrected chi connectivity index (χ4v) is 4.06. The van der Waals surface area contributed by atoms with Crippen molar-refractivity contribution in [3.05, 3.63) is 63.2 Å². The molecule has 6 nitrogen and oxygen atoms in total. The largest absolute Gasteiger partial charge is 0.497 e. The van der Waals surface area contributed by atoms with Crippen LogP contribution in [-0.4, -0.2) is 35.6 Å². The molecule has 2 aromatic carbocycles. The summed E-state index contributed by atoms with van der Waals surface area (Å²) in [4.78, 5) is 22.3. The number of nitrogens with zero attached hydrogens (tertiary/aromatic N) is 2. The quantitative estimate of drug-likeness (QED) is 0.704. The Bertz CT molecular complexity index is 1070. The van der Waals surface area contributed by atoms with Gasteiger partial charge in [-0.15, -0.1) is 0 Å². The molecule has 0 unspecified atom stereocenters. The number of likely N-dealkylation sites (tertiary alicyclic amines) is 1. The molecule has 1 fully saturated rings. The Labute approximate surface area is 168 Å². The highest BCUT2D eigenvalue weighted by Gasteiger charge is 2.29. The lowest BCUT2D eigenvalue weighted by molar-refractivity contribution is 0.237. The van der Waals surface area contributed by atoms with Crippen molar-refractivity contribution in [2.24, 2.45) is 0 Å². The van der Waals surface area contributed by atoms with Gasteiger partial charge in [-0.3, -0.25) is 9.69 Å². The van der Waals surface area contributed by atoms with E-state index in [4.69, 9.17) is 21.1 Å². The monoisotopic (exact) mass is 399 g/mol. The van der Waals surface area contributed by atoms with Crippen LogP contribution in [0.25, 0.3) is 10.9 Å². The maximum atomic E-state index is 12.4. The Hall–Kier alpha value is -2.57. The summed E-state index contributed by atoms with van der Waals surface area (Å²) in [6, 6.07) is 11.2. The molecule has 1 aliphatic rings. The molecule has 0 spiro atoms. The molecule has 0 aliphatic carbocycles. The third-order valence-electron chi connectivity index (χ3n) is 5.23. The zero-order valence-electron chi connectivity index (χ0n) is 15.9. The van der Waals surface area contributed by atoms with Gasteiger partial charge >= 0.3 is 0 Å². The van der Waals surface area contributed by atoms with Gasteiger partial charge in [-0.2, -0.15) is 0 Å². The number of hydrogen-bond acceptors (Lipinski definition) is 5. The summed E-state index contributed by atoms with van der Waals surface area (Å²) in [5.41, 5.74) is 1.59. The summed E-state index contributed by atoms with van der Waals surface area (Å²) in [5, 5.41) is 1.11. The predicted molar refractivity (Wildman–Crippen MR) is 109 cm³/mol. The summed E-state index contributed by atoms with van der Waals surface area (Å²) < 4.78 is 10.9. The van der Waals surface area contributed by atoms with E-state index in [0.717, 1.165) is 36.4 Å². The summed E-state index contributed by atoms with van der Waals surface area (Å²) >= 11 is 6.07. The van der Waals surface area contributed by atoms with E-state index in [1.165, 1.54) is 0 Å². The maximum absolute atomic E-state index is 12.4. The highest BCUT2D eigenvalue weighted by molar-refractivity contribution is 6.31. The van der Waals surface area contributed by atoms with Crippen molar-refractivity contribution in [3.63, 3.8) is 0 Å². The number of fused-ring (bicyclic) bond motifs is 1. The van der Waals surface area contributed by atoms with Crippen molar-refractivity contribution in [2.75, 3.05) is 20.8 Å². The topological polar surface area (TPSA) is 67.5 Å². The highest BCUT2D eigenvalue weighted by atomic mass is 35.5. The van der Waals surface area contributed by atoms with E-state index < -0.39 is 0 Å². The van der Waals surface area contributed by atoms with Gasteiger partial charge in [-0.05, 0) is 43.7 Å². The Balaban J connectivity index is 1.65. The number of aromatic nitrogens is 2. The van der Waals surface area contributed by atoms with Crippen molar-refractivity contribution in [1.82, 2.24) is 14.9 Å². The zero-order chi connectivity index (χ0) is 19.7. The normalized spacial score (nSPS) is 17.2. The molecule has 1 N–H and O–H groups in total. The van der Waals surface area contributed by atoms with E-state index in [1.54, 1.807) is 32.4 Å². The van der Waals surface area contributed by atoms with Crippen LogP contribution in [0, 0.1) is 0 Å². The Morgan fingerprint density at radius 2 is 2.07 bits per heavy atom. The van der Waals surface area contributed by atoms with E-state index in [1.807, 2.05) is 12.1 Å². The van der Waals surface area contributed by atoms with Crippen LogP contribution in [-0.2, 0) is 6.54 Å². The zero-order valence-corrected chi connectivity index (χ0v) is 16.6. The lowest BCUT2D eigenvalue weighted by atomic mass is 10.0. The van der Waals surface area contributed by atoms with Gasteiger partial charge in [-0.25, -0.2) is 4.98 Å². The van der Waals surface area contributed by atoms with Crippen LogP contribution in [0.5, 0.6) is 11.5 Å². The van der Waals surface area contributed by atoms with E-state index in [9.17, 15) is 4.79 Å². The highest BCUT2D eigenvalue weighted by Crippen LogP contribution is 2.39. The lowest BCUT2D eigenvalue weighted by Crippen LogP contribution is -2.26. The standard InChI is InChI=1S/C21H22ClN3O3/c1-27-14-6-8-16(19(11-14)28-2)18-4-3-9-25(18)12-20-23-17-10-13(22)5-7-15(17)21(26)24-20/h5-8,10-11,18H,3-4,9,12H2,1-2H3,(H,23,24,26)/t18-/m1/s1. The van der Waals surface area contributed by atoms with Crippen molar-refractivity contribution >= 4 is 22.5 Å². The lowest BCUT2D eigenvalue weighted by Gasteiger charge is -2.26. The van der Waals surface area contributed by atoms with Crippen LogP contribution >= 0.6 is 11.6 Å². The molecule has 28 heavy (non-hydrogen) atoms. The van der Waals surface area contributed by atoms with Crippen molar-refractivity contribution in [1.29, 1.82) is 0 Å². The number of hydrogen-bond donors (Lipinski definition) is 1. The molecule has 146 valence electrons. The van der Waals surface area contributed by atoms with Crippen LogP contribution in [0.4, 0.5) is 0 Å². The first-order valence-electron chi connectivity index (χ1n) is 9.23. The second-order valence-electron chi connectivity index (χ2n) is 6.91. The minimum absolute atomic E-state index is 0.144. The first-order chi connectivity index (χ1) is 13.6. The van der Waals surface area contributed by atoms with Gasteiger partial charge < -0.3 is 14.5 Å². The van der Waals surface area contributed by atoms with Gasteiger partial charge in [-0.1, -0.05) is 17.7 Å². The molecule has 2 heterocycles. The Morgan fingerprint density at radius 3 is 2.86 bits per heavy atom. The molecular weight excluding hydrogens is 378 g/mol. The molecule has 7 heteroatoms. The molecule has 1 aromatic heterocycles. The number of methoxy groups -OCH3 is 2. The van der Waals surface area contributed by atoms with Gasteiger partial charge in [0, 0.05) is 22.7 Å². The fraction of sp³-hybridized carbons (Fsp3) is 0.333. The molecule has 0 radical (unpaired) electrons. The van der Waals surface area contributed by atoms with Crippen LogP contribution in [0.1, 0.15) is 30.3 Å². The van der Waals surface area contributed by atoms with Crippen molar-refractivity contribution in [2.45, 2.75) is 25.4 Å². The van der Waals surface area contributed by atoms with Crippen LogP contribution < -0.4 is 15.0 Å². The van der Waals surface area contributed by atoms with Crippen molar-refractivity contribution < 1.29 is 9.47 Å². The molecule has 1 atom stereocenters. The summed E-state index contributed by atoms with van der Waals surface area (Å²) in [6.45, 7) is 1.48. The summed E-state index contributed by atoms with van der Waals surface area (Å²) in [5.74, 6) is 2.21. The van der Waals surface area contributed by atoms with Gasteiger partial charge in [0.15, 0.2) is 0 Å².